The highest BCUT2D eigenvalue weighted by Crippen LogP contribution is 2.25. The van der Waals surface area contributed by atoms with Crippen LogP contribution in [0.4, 0.5) is 21.7 Å². The van der Waals surface area contributed by atoms with E-state index in [1.54, 1.807) is 36.0 Å². The number of nitrogens with zero attached hydrogens (tertiary/aromatic N) is 5. The molecule has 1 saturated heterocycles. The van der Waals surface area contributed by atoms with Crippen molar-refractivity contribution < 1.29 is 9.18 Å². The number of amides is 1. The molecule has 33 heavy (non-hydrogen) atoms. The molecule has 0 radical (unpaired) electrons. The quantitative estimate of drug-likeness (QED) is 0.521. The van der Waals surface area contributed by atoms with Crippen molar-refractivity contribution in [2.24, 2.45) is 0 Å². The second-order valence-electron chi connectivity index (χ2n) is 8.71. The maximum Gasteiger partial charge on any atom is 0.274 e. The van der Waals surface area contributed by atoms with E-state index in [4.69, 9.17) is 0 Å². The number of piperidine rings is 1. The van der Waals surface area contributed by atoms with Gasteiger partial charge in [0, 0.05) is 38.4 Å². The fraction of sp³-hybridized carbons (Fsp3) is 0.455. The van der Waals surface area contributed by atoms with Gasteiger partial charge in [-0.05, 0) is 38.4 Å². The van der Waals surface area contributed by atoms with Crippen LogP contribution in [0.25, 0.3) is 5.65 Å². The summed E-state index contributed by atoms with van der Waals surface area (Å²) in [6.45, 7) is 1.03. The molecule has 4 heterocycles. The molecule has 0 spiro atoms. The zero-order valence-electron chi connectivity index (χ0n) is 18.6. The highest BCUT2D eigenvalue weighted by atomic mass is 19.1. The molecular formula is C22H27FN8O2. The normalized spacial score (nSPS) is 21.2. The van der Waals surface area contributed by atoms with Gasteiger partial charge in [-0.15, -0.1) is 0 Å². The number of carbonyl (C=O) groups excluding carboxylic acids is 1. The standard InChI is InChI=1S/C22H27FN8O2/c1-24-19-10-18(28-20-14(11-25-31(19)20)21(32)26-13-5-6-13)27-16-4-3-8-30(22(16)33)17-7-9-29(2)12-15(17)23/h3-4,8,10-11,13,15,17,24H,5-7,9,12H2,1-2H3,(H,26,32)(H,27,28)/t15-,17+/m1/s1. The molecule has 3 N–H and O–H groups in total. The van der Waals surface area contributed by atoms with Gasteiger partial charge in [-0.1, -0.05) is 0 Å². The van der Waals surface area contributed by atoms with Crippen LogP contribution in [-0.2, 0) is 0 Å². The molecule has 0 unspecified atom stereocenters. The zero-order chi connectivity index (χ0) is 23.1. The smallest absolute Gasteiger partial charge is 0.274 e. The Hall–Kier alpha value is -3.47. The third-order valence-electron chi connectivity index (χ3n) is 6.19. The first-order valence-electron chi connectivity index (χ1n) is 11.1. The van der Waals surface area contributed by atoms with E-state index in [0.29, 0.717) is 35.8 Å². The maximum atomic E-state index is 14.7. The second kappa shape index (κ2) is 8.47. The number of halogens is 1. The number of carbonyl (C=O) groups is 1. The summed E-state index contributed by atoms with van der Waals surface area (Å²) in [4.78, 5) is 32.3. The van der Waals surface area contributed by atoms with Gasteiger partial charge in [-0.2, -0.15) is 9.61 Å². The predicted molar refractivity (Wildman–Crippen MR) is 123 cm³/mol. The highest BCUT2D eigenvalue weighted by Gasteiger charge is 2.30. The minimum Gasteiger partial charge on any atom is -0.373 e. The van der Waals surface area contributed by atoms with Crippen molar-refractivity contribution in [3.63, 3.8) is 0 Å². The first-order chi connectivity index (χ1) is 15.9. The molecule has 2 fully saturated rings. The molecule has 0 bridgehead atoms. The van der Waals surface area contributed by atoms with Crippen LogP contribution >= 0.6 is 0 Å². The summed E-state index contributed by atoms with van der Waals surface area (Å²) < 4.78 is 17.7. The van der Waals surface area contributed by atoms with Crippen LogP contribution in [-0.4, -0.2) is 69.4 Å². The predicted octanol–water partition coefficient (Wildman–Crippen LogP) is 1.78. The van der Waals surface area contributed by atoms with Crippen LogP contribution in [0.2, 0.25) is 0 Å². The number of hydrogen-bond donors (Lipinski definition) is 3. The average molecular weight is 455 g/mol. The number of alkyl halides is 1. The number of aromatic nitrogens is 4. The van der Waals surface area contributed by atoms with Crippen LogP contribution in [0.15, 0.2) is 35.4 Å². The van der Waals surface area contributed by atoms with E-state index in [-0.39, 0.29) is 23.2 Å². The lowest BCUT2D eigenvalue weighted by Crippen LogP contribution is -2.43. The fourth-order valence-electron chi connectivity index (χ4n) is 4.22. The van der Waals surface area contributed by atoms with Gasteiger partial charge < -0.3 is 25.4 Å². The van der Waals surface area contributed by atoms with Gasteiger partial charge in [0.05, 0.1) is 12.2 Å². The molecule has 2 aliphatic rings. The SMILES string of the molecule is CNc1cc(Nc2cccn([C@H]3CCN(C)C[C@H]3F)c2=O)nc2c(C(=O)NC3CC3)cnn12. The van der Waals surface area contributed by atoms with Crippen molar-refractivity contribution in [3.8, 4) is 0 Å². The van der Waals surface area contributed by atoms with Crippen LogP contribution < -0.4 is 21.5 Å². The number of likely N-dealkylation sites (tertiary alicyclic amines) is 1. The Kier molecular flexibility index (Phi) is 5.49. The maximum absolute atomic E-state index is 14.7. The van der Waals surface area contributed by atoms with Crippen molar-refractivity contribution in [2.45, 2.75) is 37.5 Å². The molecule has 174 valence electrons. The number of rotatable bonds is 6. The summed E-state index contributed by atoms with van der Waals surface area (Å²) in [5.41, 5.74) is 0.700. The molecule has 2 atom stereocenters. The first kappa shape index (κ1) is 21.4. The molecule has 10 nitrogen and oxygen atoms in total. The average Bonchev–Trinajstić information content (AvgIpc) is 3.50. The molecule has 1 aliphatic carbocycles. The van der Waals surface area contributed by atoms with Crippen molar-refractivity contribution in [1.82, 2.24) is 29.4 Å². The molecule has 3 aromatic heterocycles. The van der Waals surface area contributed by atoms with Gasteiger partial charge in [0.2, 0.25) is 0 Å². The van der Waals surface area contributed by atoms with Gasteiger partial charge in [-0.3, -0.25) is 9.59 Å². The van der Waals surface area contributed by atoms with Crippen molar-refractivity contribution in [1.29, 1.82) is 0 Å². The Bertz CT molecular complexity index is 1250. The topological polar surface area (TPSA) is 109 Å². The highest BCUT2D eigenvalue weighted by molar-refractivity contribution is 6.00. The van der Waals surface area contributed by atoms with E-state index in [1.807, 2.05) is 11.9 Å². The van der Waals surface area contributed by atoms with E-state index in [1.165, 1.54) is 10.8 Å². The van der Waals surface area contributed by atoms with E-state index in [2.05, 4.69) is 26.0 Å². The van der Waals surface area contributed by atoms with Crippen molar-refractivity contribution in [2.75, 3.05) is 37.8 Å². The lowest BCUT2D eigenvalue weighted by atomic mass is 10.0. The van der Waals surface area contributed by atoms with E-state index >= 15 is 0 Å². The Morgan fingerprint density at radius 1 is 1.27 bits per heavy atom. The monoisotopic (exact) mass is 454 g/mol. The Morgan fingerprint density at radius 3 is 2.82 bits per heavy atom. The van der Waals surface area contributed by atoms with E-state index < -0.39 is 12.2 Å². The zero-order valence-corrected chi connectivity index (χ0v) is 18.6. The minimum absolute atomic E-state index is 0.208. The van der Waals surface area contributed by atoms with Crippen LogP contribution in [0.1, 0.15) is 35.7 Å². The van der Waals surface area contributed by atoms with Crippen LogP contribution in [0.3, 0.4) is 0 Å². The molecule has 1 aliphatic heterocycles. The number of nitrogens with one attached hydrogen (secondary N) is 3. The largest absolute Gasteiger partial charge is 0.373 e. The third-order valence-corrected chi connectivity index (χ3v) is 6.19. The van der Waals surface area contributed by atoms with Crippen molar-refractivity contribution >= 4 is 28.9 Å². The van der Waals surface area contributed by atoms with Gasteiger partial charge in [0.1, 0.15) is 29.1 Å². The summed E-state index contributed by atoms with van der Waals surface area (Å²) in [6, 6.07) is 4.76. The molecule has 0 aromatic carbocycles. The van der Waals surface area contributed by atoms with Gasteiger partial charge >= 0.3 is 0 Å². The number of anilines is 3. The summed E-state index contributed by atoms with van der Waals surface area (Å²) in [6.07, 6.45) is 4.50. The van der Waals surface area contributed by atoms with E-state index in [9.17, 15) is 14.0 Å². The Labute approximate surface area is 189 Å². The molecule has 11 heteroatoms. The van der Waals surface area contributed by atoms with Crippen LogP contribution in [0, 0.1) is 0 Å². The number of pyridine rings is 1. The van der Waals surface area contributed by atoms with E-state index in [0.717, 1.165) is 19.4 Å². The molecule has 5 rings (SSSR count). The second-order valence-corrected chi connectivity index (χ2v) is 8.71. The molecular weight excluding hydrogens is 427 g/mol. The van der Waals surface area contributed by atoms with Crippen LogP contribution in [0.5, 0.6) is 0 Å². The third kappa shape index (κ3) is 4.15. The molecule has 1 amide bonds. The van der Waals surface area contributed by atoms with Gasteiger partial charge in [-0.25, -0.2) is 9.37 Å². The summed E-state index contributed by atoms with van der Waals surface area (Å²) >= 11 is 0. The minimum atomic E-state index is -1.12. The molecule has 3 aromatic rings. The van der Waals surface area contributed by atoms with Gasteiger partial charge in [0.25, 0.3) is 11.5 Å². The molecule has 1 saturated carbocycles. The lowest BCUT2D eigenvalue weighted by molar-refractivity contribution is 0.0952. The Morgan fingerprint density at radius 2 is 2.09 bits per heavy atom. The number of hydrogen-bond acceptors (Lipinski definition) is 7. The van der Waals surface area contributed by atoms with Crippen molar-refractivity contribution in [3.05, 3.63) is 46.5 Å². The summed E-state index contributed by atoms with van der Waals surface area (Å²) in [5.74, 6) is 0.753. The Balaban J connectivity index is 1.47. The number of fused-ring (bicyclic) bond motifs is 1. The fourth-order valence-corrected chi connectivity index (χ4v) is 4.22. The first-order valence-corrected chi connectivity index (χ1v) is 11.1. The summed E-state index contributed by atoms with van der Waals surface area (Å²) in [5, 5.41) is 13.3. The van der Waals surface area contributed by atoms with Gasteiger partial charge in [0.15, 0.2) is 5.65 Å². The lowest BCUT2D eigenvalue weighted by Gasteiger charge is -2.33. The summed E-state index contributed by atoms with van der Waals surface area (Å²) in [7, 11) is 3.61.